The van der Waals surface area contributed by atoms with Gasteiger partial charge in [0.15, 0.2) is 0 Å². The third-order valence-corrected chi connectivity index (χ3v) is 9.96. The Morgan fingerprint density at radius 3 is 1.74 bits per heavy atom. The molecule has 2 nitrogen and oxygen atoms in total. The number of esters is 1. The summed E-state index contributed by atoms with van der Waals surface area (Å²) in [6, 6.07) is 18.7. The fourth-order valence-corrected chi connectivity index (χ4v) is 7.43. The number of benzene rings is 2. The summed E-state index contributed by atoms with van der Waals surface area (Å²) in [4.78, 5) is 12.8. The molecule has 0 bridgehead atoms. The highest BCUT2D eigenvalue weighted by Gasteiger charge is 2.42. The SMILES string of the molecule is CCCCCCCC1(C(=O)OC)CCC(c2ccc(-c3ccc([C@H]4CC[C@H](CCC)CC4)cc3)cc2)CC1. The van der Waals surface area contributed by atoms with Crippen LogP contribution in [0.4, 0.5) is 0 Å². The van der Waals surface area contributed by atoms with Crippen molar-refractivity contribution in [2.24, 2.45) is 11.3 Å². The van der Waals surface area contributed by atoms with Crippen LogP contribution in [0.5, 0.6) is 0 Å². The maximum Gasteiger partial charge on any atom is 0.311 e. The molecule has 0 atom stereocenters. The second-order valence-electron chi connectivity index (χ2n) is 12.5. The first kappa shape index (κ1) is 28.9. The lowest BCUT2D eigenvalue weighted by molar-refractivity contribution is -0.155. The number of methoxy groups -OCH3 is 1. The van der Waals surface area contributed by atoms with Gasteiger partial charge in [-0.25, -0.2) is 0 Å². The van der Waals surface area contributed by atoms with Crippen molar-refractivity contribution in [3.8, 4) is 11.1 Å². The van der Waals surface area contributed by atoms with Crippen molar-refractivity contribution in [2.75, 3.05) is 7.11 Å². The predicted molar refractivity (Wildman–Crippen MR) is 161 cm³/mol. The van der Waals surface area contributed by atoms with Crippen LogP contribution in [-0.2, 0) is 9.53 Å². The lowest BCUT2D eigenvalue weighted by Crippen LogP contribution is -2.36. The van der Waals surface area contributed by atoms with Gasteiger partial charge in [-0.3, -0.25) is 4.79 Å². The molecule has 0 spiro atoms. The van der Waals surface area contributed by atoms with E-state index in [1.165, 1.54) is 86.5 Å². The summed E-state index contributed by atoms with van der Waals surface area (Å²) >= 11 is 0. The summed E-state index contributed by atoms with van der Waals surface area (Å²) in [5.74, 6) is 2.29. The summed E-state index contributed by atoms with van der Waals surface area (Å²) in [6.07, 6.45) is 19.6. The van der Waals surface area contributed by atoms with E-state index in [2.05, 4.69) is 62.4 Å². The van der Waals surface area contributed by atoms with E-state index in [9.17, 15) is 4.79 Å². The zero-order valence-electron chi connectivity index (χ0n) is 24.5. The molecule has 0 aliphatic heterocycles. The van der Waals surface area contributed by atoms with E-state index >= 15 is 0 Å². The second kappa shape index (κ2) is 14.3. The molecule has 0 saturated heterocycles. The van der Waals surface area contributed by atoms with Crippen molar-refractivity contribution >= 4 is 5.97 Å². The molecule has 2 heteroatoms. The normalized spacial score (nSPS) is 25.7. The Balaban J connectivity index is 1.31. The van der Waals surface area contributed by atoms with Gasteiger partial charge in [0.25, 0.3) is 0 Å². The summed E-state index contributed by atoms with van der Waals surface area (Å²) in [7, 11) is 1.57. The zero-order chi connectivity index (χ0) is 26.8. The molecule has 2 aliphatic rings. The summed E-state index contributed by atoms with van der Waals surface area (Å²) in [5, 5.41) is 0. The maximum atomic E-state index is 12.8. The fourth-order valence-electron chi connectivity index (χ4n) is 7.43. The van der Waals surface area contributed by atoms with Crippen LogP contribution in [0, 0.1) is 11.3 Å². The van der Waals surface area contributed by atoms with E-state index in [1.807, 2.05) is 0 Å². The van der Waals surface area contributed by atoms with Crippen molar-refractivity contribution in [1.82, 2.24) is 0 Å². The van der Waals surface area contributed by atoms with Gasteiger partial charge in [0.1, 0.15) is 0 Å². The van der Waals surface area contributed by atoms with E-state index in [0.717, 1.165) is 50.4 Å². The Labute approximate surface area is 233 Å². The fraction of sp³-hybridized carbons (Fsp3) is 0.639. The molecule has 208 valence electrons. The standard InChI is InChI=1S/C36H52O2/c1-4-6-7-8-9-25-36(35(37)38-3)26-23-34(24-27-36)33-21-19-32(20-22-33)31-17-15-30(16-18-31)29-13-11-28(10-5-2)12-14-29/h15-22,28-29,34H,4-14,23-27H2,1-3H3/t28-,29-,34?,36?. The molecule has 0 heterocycles. The quantitative estimate of drug-likeness (QED) is 0.207. The largest absolute Gasteiger partial charge is 0.469 e. The molecule has 2 aromatic rings. The molecule has 0 amide bonds. The van der Waals surface area contributed by atoms with Gasteiger partial charge >= 0.3 is 5.97 Å². The number of carbonyl (C=O) groups excluding carboxylic acids is 1. The molecule has 2 fully saturated rings. The smallest absolute Gasteiger partial charge is 0.311 e. The minimum atomic E-state index is -0.256. The number of hydrogen-bond acceptors (Lipinski definition) is 2. The Morgan fingerprint density at radius 2 is 1.24 bits per heavy atom. The summed E-state index contributed by atoms with van der Waals surface area (Å²) < 4.78 is 5.30. The van der Waals surface area contributed by atoms with Crippen LogP contribution in [0.3, 0.4) is 0 Å². The predicted octanol–water partition coefficient (Wildman–Crippen LogP) is 10.6. The first-order valence-corrected chi connectivity index (χ1v) is 15.9. The Kier molecular flexibility index (Phi) is 10.9. The van der Waals surface area contributed by atoms with Gasteiger partial charge in [-0.2, -0.15) is 0 Å². The van der Waals surface area contributed by atoms with E-state index < -0.39 is 0 Å². The maximum absolute atomic E-state index is 12.8. The van der Waals surface area contributed by atoms with Crippen LogP contribution in [0.2, 0.25) is 0 Å². The molecule has 2 aliphatic carbocycles. The van der Waals surface area contributed by atoms with E-state index in [-0.39, 0.29) is 11.4 Å². The van der Waals surface area contributed by atoms with E-state index in [1.54, 1.807) is 7.11 Å². The zero-order valence-corrected chi connectivity index (χ0v) is 24.5. The molecule has 0 N–H and O–H groups in total. The highest BCUT2D eigenvalue weighted by atomic mass is 16.5. The lowest BCUT2D eigenvalue weighted by Gasteiger charge is -2.38. The molecule has 2 saturated carbocycles. The highest BCUT2D eigenvalue weighted by Crippen LogP contribution is 2.47. The van der Waals surface area contributed by atoms with E-state index in [4.69, 9.17) is 4.74 Å². The summed E-state index contributed by atoms with van der Waals surface area (Å²) in [6.45, 7) is 4.57. The van der Waals surface area contributed by atoms with Gasteiger partial charge in [-0.1, -0.05) is 107 Å². The van der Waals surface area contributed by atoms with E-state index in [0.29, 0.717) is 5.92 Å². The van der Waals surface area contributed by atoms with Gasteiger partial charge in [-0.05, 0) is 97.8 Å². The van der Waals surface area contributed by atoms with Gasteiger partial charge in [0.2, 0.25) is 0 Å². The Hall–Kier alpha value is -2.09. The Bertz CT molecular complexity index is 957. The summed E-state index contributed by atoms with van der Waals surface area (Å²) in [5.41, 5.74) is 5.32. The molecule has 2 aromatic carbocycles. The van der Waals surface area contributed by atoms with Crippen LogP contribution in [0.15, 0.2) is 48.5 Å². The first-order chi connectivity index (χ1) is 18.6. The second-order valence-corrected chi connectivity index (χ2v) is 12.5. The minimum Gasteiger partial charge on any atom is -0.469 e. The first-order valence-electron chi connectivity index (χ1n) is 15.9. The number of unbranched alkanes of at least 4 members (excludes halogenated alkanes) is 4. The molecular formula is C36H52O2. The van der Waals surface area contributed by atoms with Gasteiger partial charge < -0.3 is 4.74 Å². The average molecular weight is 517 g/mol. The van der Waals surface area contributed by atoms with Crippen molar-refractivity contribution in [3.05, 3.63) is 59.7 Å². The molecular weight excluding hydrogens is 464 g/mol. The van der Waals surface area contributed by atoms with Crippen molar-refractivity contribution in [2.45, 2.75) is 128 Å². The number of hydrogen-bond donors (Lipinski definition) is 0. The third kappa shape index (κ3) is 7.30. The number of rotatable bonds is 12. The molecule has 0 radical (unpaired) electrons. The van der Waals surface area contributed by atoms with Crippen molar-refractivity contribution in [1.29, 1.82) is 0 Å². The molecule has 0 unspecified atom stereocenters. The highest BCUT2D eigenvalue weighted by molar-refractivity contribution is 5.77. The van der Waals surface area contributed by atoms with Gasteiger partial charge in [0, 0.05) is 0 Å². The monoisotopic (exact) mass is 516 g/mol. The molecule has 38 heavy (non-hydrogen) atoms. The van der Waals surface area contributed by atoms with Crippen molar-refractivity contribution in [3.63, 3.8) is 0 Å². The number of ether oxygens (including phenoxy) is 1. The van der Waals surface area contributed by atoms with Gasteiger partial charge in [-0.15, -0.1) is 0 Å². The van der Waals surface area contributed by atoms with Crippen LogP contribution in [-0.4, -0.2) is 13.1 Å². The van der Waals surface area contributed by atoms with Crippen molar-refractivity contribution < 1.29 is 9.53 Å². The van der Waals surface area contributed by atoms with Crippen LogP contribution < -0.4 is 0 Å². The minimum absolute atomic E-state index is 0.0271. The topological polar surface area (TPSA) is 26.3 Å². The van der Waals surface area contributed by atoms with Crippen LogP contribution in [0.1, 0.15) is 140 Å². The Morgan fingerprint density at radius 1 is 0.711 bits per heavy atom. The van der Waals surface area contributed by atoms with Gasteiger partial charge in [0.05, 0.1) is 12.5 Å². The number of carbonyl (C=O) groups is 1. The third-order valence-electron chi connectivity index (χ3n) is 9.96. The molecule has 4 rings (SSSR count). The average Bonchev–Trinajstić information content (AvgIpc) is 2.98. The molecule has 0 aromatic heterocycles. The van der Waals surface area contributed by atoms with Crippen LogP contribution >= 0.6 is 0 Å². The lowest BCUT2D eigenvalue weighted by atomic mass is 9.66. The van der Waals surface area contributed by atoms with Crippen LogP contribution in [0.25, 0.3) is 11.1 Å².